The monoisotopic (exact) mass is 394 g/mol. The molecule has 0 fully saturated rings. The highest BCUT2D eigenvalue weighted by molar-refractivity contribution is 5.90. The number of alkyl halides is 3. The van der Waals surface area contributed by atoms with E-state index in [2.05, 4.69) is 0 Å². The molecule has 3 unspecified atom stereocenters. The number of hydrogen-bond acceptors (Lipinski definition) is 4. The van der Waals surface area contributed by atoms with Crippen LogP contribution < -0.4 is 0 Å². The van der Waals surface area contributed by atoms with Crippen LogP contribution in [-0.4, -0.2) is 30.3 Å². The molecule has 0 heterocycles. The van der Waals surface area contributed by atoms with Crippen molar-refractivity contribution in [2.45, 2.75) is 38.7 Å². The Hall–Kier alpha value is -2.83. The number of halogens is 3. The van der Waals surface area contributed by atoms with Gasteiger partial charge >= 0.3 is 18.1 Å². The molecule has 0 spiro atoms. The third-order valence-electron chi connectivity index (χ3n) is 4.22. The number of rotatable bonds is 7. The van der Waals surface area contributed by atoms with Crippen molar-refractivity contribution in [2.75, 3.05) is 0 Å². The van der Waals surface area contributed by atoms with E-state index in [9.17, 15) is 22.8 Å². The van der Waals surface area contributed by atoms with Crippen LogP contribution in [0.1, 0.15) is 41.0 Å². The molecule has 2 aromatic carbocycles. The molecule has 2 rings (SSSR count). The summed E-state index contributed by atoms with van der Waals surface area (Å²) in [5, 5.41) is 0. The summed E-state index contributed by atoms with van der Waals surface area (Å²) in [4.78, 5) is 24.3. The average Bonchev–Trinajstić information content (AvgIpc) is 2.67. The molecule has 0 N–H and O–H groups in total. The van der Waals surface area contributed by atoms with Gasteiger partial charge in [-0.2, -0.15) is 13.2 Å². The van der Waals surface area contributed by atoms with Crippen LogP contribution in [-0.2, 0) is 9.47 Å². The van der Waals surface area contributed by atoms with Crippen molar-refractivity contribution in [3.8, 4) is 0 Å². The van der Waals surface area contributed by atoms with Gasteiger partial charge in [-0.1, -0.05) is 43.3 Å². The lowest BCUT2D eigenvalue weighted by Crippen LogP contribution is -2.38. The van der Waals surface area contributed by atoms with Gasteiger partial charge in [-0.3, -0.25) is 0 Å². The first kappa shape index (κ1) is 21.5. The molecule has 7 heteroatoms. The molecule has 0 aliphatic heterocycles. The third kappa shape index (κ3) is 6.11. The molecule has 4 nitrogen and oxygen atoms in total. The Labute approximate surface area is 161 Å². The number of esters is 2. The second-order valence-electron chi connectivity index (χ2n) is 6.46. The quantitative estimate of drug-likeness (QED) is 0.617. The predicted molar refractivity (Wildman–Crippen MR) is 96.8 cm³/mol. The van der Waals surface area contributed by atoms with Gasteiger partial charge < -0.3 is 9.47 Å². The molecule has 0 saturated heterocycles. The topological polar surface area (TPSA) is 52.6 Å². The van der Waals surface area contributed by atoms with Crippen LogP contribution in [0.2, 0.25) is 0 Å². The van der Waals surface area contributed by atoms with Crippen LogP contribution in [0.25, 0.3) is 0 Å². The van der Waals surface area contributed by atoms with Crippen molar-refractivity contribution in [3.05, 3.63) is 71.8 Å². The minimum Gasteiger partial charge on any atom is -0.459 e. The Bertz CT molecular complexity index is 775. The van der Waals surface area contributed by atoms with E-state index < -0.39 is 36.2 Å². The Kier molecular flexibility index (Phi) is 7.20. The van der Waals surface area contributed by atoms with Crippen molar-refractivity contribution >= 4 is 11.9 Å². The summed E-state index contributed by atoms with van der Waals surface area (Å²) < 4.78 is 50.0. The minimum atomic E-state index is -4.56. The first-order chi connectivity index (χ1) is 13.2. The van der Waals surface area contributed by atoms with Crippen LogP contribution in [0, 0.1) is 5.92 Å². The molecule has 0 bridgehead atoms. The van der Waals surface area contributed by atoms with Crippen molar-refractivity contribution in [3.63, 3.8) is 0 Å². The maximum absolute atomic E-state index is 13.2. The van der Waals surface area contributed by atoms with E-state index in [0.29, 0.717) is 0 Å². The van der Waals surface area contributed by atoms with E-state index in [0.717, 1.165) is 6.92 Å². The summed E-state index contributed by atoms with van der Waals surface area (Å²) in [6.45, 7) is 2.40. The summed E-state index contributed by atoms with van der Waals surface area (Å²) in [6.07, 6.45) is -7.22. The standard InChI is InChI=1S/C21H21F3O4/c1-14(27-19(25)16-9-5-3-6-10-16)13-18(15(2)21(22,23)24)28-20(26)17-11-7-4-8-12-17/h3-12,14-15,18H,13H2,1-2H3. The first-order valence-electron chi connectivity index (χ1n) is 8.77. The Morgan fingerprint density at radius 1 is 0.821 bits per heavy atom. The lowest BCUT2D eigenvalue weighted by Gasteiger charge is -2.28. The molecule has 0 radical (unpaired) electrons. The fourth-order valence-electron chi connectivity index (χ4n) is 2.55. The van der Waals surface area contributed by atoms with E-state index in [1.165, 1.54) is 19.1 Å². The number of ether oxygens (including phenoxy) is 2. The zero-order valence-electron chi connectivity index (χ0n) is 15.5. The maximum Gasteiger partial charge on any atom is 0.395 e. The second-order valence-corrected chi connectivity index (χ2v) is 6.46. The molecule has 0 amide bonds. The summed E-state index contributed by atoms with van der Waals surface area (Å²) in [5.74, 6) is -3.43. The zero-order valence-corrected chi connectivity index (χ0v) is 15.5. The molecule has 0 aromatic heterocycles. The maximum atomic E-state index is 13.2. The van der Waals surface area contributed by atoms with Gasteiger partial charge in [0.1, 0.15) is 12.2 Å². The summed E-state index contributed by atoms with van der Waals surface area (Å²) >= 11 is 0. The first-order valence-corrected chi connectivity index (χ1v) is 8.77. The summed E-state index contributed by atoms with van der Waals surface area (Å²) in [7, 11) is 0. The molecular formula is C21H21F3O4. The SMILES string of the molecule is CC(CC(OC(=O)c1ccccc1)C(C)C(F)(F)F)OC(=O)c1ccccc1. The number of benzene rings is 2. The Morgan fingerprint density at radius 3 is 1.68 bits per heavy atom. The zero-order chi connectivity index (χ0) is 20.7. The van der Waals surface area contributed by atoms with Crippen molar-refractivity contribution < 1.29 is 32.2 Å². The molecule has 150 valence electrons. The highest BCUT2D eigenvalue weighted by atomic mass is 19.4. The van der Waals surface area contributed by atoms with Gasteiger partial charge in [0.15, 0.2) is 0 Å². The molecule has 0 aliphatic carbocycles. The number of hydrogen-bond donors (Lipinski definition) is 0. The number of carbonyl (C=O) groups is 2. The molecule has 0 saturated carbocycles. The number of carbonyl (C=O) groups excluding carboxylic acids is 2. The second kappa shape index (κ2) is 9.39. The van der Waals surface area contributed by atoms with Gasteiger partial charge in [-0.15, -0.1) is 0 Å². The van der Waals surface area contributed by atoms with Crippen LogP contribution in [0.5, 0.6) is 0 Å². The van der Waals surface area contributed by atoms with Crippen LogP contribution in [0.15, 0.2) is 60.7 Å². The largest absolute Gasteiger partial charge is 0.459 e. The van der Waals surface area contributed by atoms with Gasteiger partial charge in [-0.05, 0) is 31.2 Å². The van der Waals surface area contributed by atoms with Crippen LogP contribution in [0.3, 0.4) is 0 Å². The third-order valence-corrected chi connectivity index (χ3v) is 4.22. The van der Waals surface area contributed by atoms with E-state index in [4.69, 9.17) is 9.47 Å². The van der Waals surface area contributed by atoms with Crippen molar-refractivity contribution in [2.24, 2.45) is 5.92 Å². The van der Waals surface area contributed by atoms with E-state index in [1.807, 2.05) is 0 Å². The van der Waals surface area contributed by atoms with Gasteiger partial charge in [0.25, 0.3) is 0 Å². The van der Waals surface area contributed by atoms with E-state index >= 15 is 0 Å². The summed E-state index contributed by atoms with van der Waals surface area (Å²) in [6, 6.07) is 15.9. The van der Waals surface area contributed by atoms with Crippen molar-refractivity contribution in [1.82, 2.24) is 0 Å². The molecular weight excluding hydrogens is 373 g/mol. The van der Waals surface area contributed by atoms with E-state index in [-0.39, 0.29) is 17.5 Å². The van der Waals surface area contributed by atoms with Gasteiger partial charge in [0, 0.05) is 6.42 Å². The minimum absolute atomic E-state index is 0.149. The Morgan fingerprint density at radius 2 is 1.25 bits per heavy atom. The fraction of sp³-hybridized carbons (Fsp3) is 0.333. The fourth-order valence-corrected chi connectivity index (χ4v) is 2.55. The van der Waals surface area contributed by atoms with E-state index in [1.54, 1.807) is 48.5 Å². The average molecular weight is 394 g/mol. The molecule has 0 aliphatic rings. The predicted octanol–water partition coefficient (Wildman–Crippen LogP) is 5.05. The van der Waals surface area contributed by atoms with Gasteiger partial charge in [0.05, 0.1) is 17.0 Å². The molecule has 2 aromatic rings. The Balaban J connectivity index is 2.08. The van der Waals surface area contributed by atoms with Gasteiger partial charge in [0.2, 0.25) is 0 Å². The highest BCUT2D eigenvalue weighted by Gasteiger charge is 2.44. The lowest BCUT2D eigenvalue weighted by atomic mass is 9.98. The normalized spacial score (nSPS) is 14.6. The van der Waals surface area contributed by atoms with Gasteiger partial charge in [-0.25, -0.2) is 9.59 Å². The molecule has 3 atom stereocenters. The molecule has 28 heavy (non-hydrogen) atoms. The van der Waals surface area contributed by atoms with Crippen molar-refractivity contribution in [1.29, 1.82) is 0 Å². The van der Waals surface area contributed by atoms with Crippen LogP contribution >= 0.6 is 0 Å². The van der Waals surface area contributed by atoms with Crippen LogP contribution in [0.4, 0.5) is 13.2 Å². The highest BCUT2D eigenvalue weighted by Crippen LogP contribution is 2.32. The lowest BCUT2D eigenvalue weighted by molar-refractivity contribution is -0.197. The summed E-state index contributed by atoms with van der Waals surface area (Å²) in [5.41, 5.74) is 0.437. The smallest absolute Gasteiger partial charge is 0.395 e.